The fraction of sp³-hybridized carbons (Fsp3) is 0.412. The first kappa shape index (κ1) is 15.2. The van der Waals surface area contributed by atoms with Crippen molar-refractivity contribution in [1.29, 1.82) is 0 Å². The summed E-state index contributed by atoms with van der Waals surface area (Å²) in [6.45, 7) is 4.66. The maximum absolute atomic E-state index is 13.1. The van der Waals surface area contributed by atoms with Gasteiger partial charge in [-0.15, -0.1) is 0 Å². The van der Waals surface area contributed by atoms with Crippen molar-refractivity contribution in [3.8, 4) is 0 Å². The van der Waals surface area contributed by atoms with Gasteiger partial charge in [-0.3, -0.25) is 9.48 Å². The van der Waals surface area contributed by atoms with Crippen LogP contribution in [0, 0.1) is 13.8 Å². The Balaban J connectivity index is 1.95. The Hall–Kier alpha value is -1.75. The molecule has 0 unspecified atom stereocenters. The smallest absolute Gasteiger partial charge is 0.258 e. The molecule has 1 aromatic heterocycles. The third kappa shape index (κ3) is 2.65. The second-order valence-electron chi connectivity index (χ2n) is 5.67. The van der Waals surface area contributed by atoms with Crippen molar-refractivity contribution >= 4 is 17.7 Å². The Morgan fingerprint density at radius 1 is 1.27 bits per heavy atom. The first-order valence-electron chi connectivity index (χ1n) is 7.53. The number of carbonyl (C=O) groups excluding carboxylic acids is 1. The Morgan fingerprint density at radius 2 is 2.00 bits per heavy atom. The highest BCUT2D eigenvalue weighted by Gasteiger charge is 2.31. The zero-order valence-corrected chi connectivity index (χ0v) is 14.1. The molecule has 2 aromatic rings. The molecule has 0 N–H and O–H groups in total. The largest absolute Gasteiger partial charge is 0.330 e. The molecule has 0 saturated carbocycles. The van der Waals surface area contributed by atoms with Crippen molar-refractivity contribution in [3.63, 3.8) is 0 Å². The average molecular weight is 315 g/mol. The van der Waals surface area contributed by atoms with E-state index in [2.05, 4.69) is 17.2 Å². The highest BCUT2D eigenvalue weighted by atomic mass is 32.2. The van der Waals surface area contributed by atoms with Crippen LogP contribution in [0.1, 0.15) is 33.4 Å². The summed E-state index contributed by atoms with van der Waals surface area (Å²) < 4.78 is 1.79. The van der Waals surface area contributed by atoms with Gasteiger partial charge in [0.05, 0.1) is 17.3 Å². The molecule has 116 valence electrons. The van der Waals surface area contributed by atoms with Gasteiger partial charge in [0.15, 0.2) is 0 Å². The summed E-state index contributed by atoms with van der Waals surface area (Å²) in [6, 6.07) is 10.5. The van der Waals surface area contributed by atoms with E-state index in [1.165, 1.54) is 5.56 Å². The lowest BCUT2D eigenvalue weighted by molar-refractivity contribution is 0.0700. The van der Waals surface area contributed by atoms with Crippen molar-refractivity contribution in [2.75, 3.05) is 18.1 Å². The van der Waals surface area contributed by atoms with E-state index in [0.717, 1.165) is 35.0 Å². The van der Waals surface area contributed by atoms with Gasteiger partial charge in [0.1, 0.15) is 0 Å². The number of aromatic nitrogens is 2. The van der Waals surface area contributed by atoms with Crippen molar-refractivity contribution in [3.05, 3.63) is 52.8 Å². The number of hydrogen-bond donors (Lipinski definition) is 0. The molecule has 0 aliphatic carbocycles. The molecule has 22 heavy (non-hydrogen) atoms. The molecule has 0 radical (unpaired) electrons. The Kier molecular flexibility index (Phi) is 4.25. The third-order valence-corrected chi connectivity index (χ3v) is 5.32. The summed E-state index contributed by atoms with van der Waals surface area (Å²) in [6.07, 6.45) is 0. The highest BCUT2D eigenvalue weighted by Crippen LogP contribution is 2.31. The number of carbonyl (C=O) groups is 1. The molecule has 5 heteroatoms. The topological polar surface area (TPSA) is 38.1 Å². The maximum atomic E-state index is 13.1. The van der Waals surface area contributed by atoms with E-state index in [1.54, 1.807) is 4.68 Å². The quantitative estimate of drug-likeness (QED) is 0.855. The van der Waals surface area contributed by atoms with Crippen LogP contribution in [0.4, 0.5) is 0 Å². The monoisotopic (exact) mass is 315 g/mol. The molecule has 0 bridgehead atoms. The van der Waals surface area contributed by atoms with E-state index in [9.17, 15) is 4.79 Å². The summed E-state index contributed by atoms with van der Waals surface area (Å²) in [4.78, 5) is 15.1. The van der Waals surface area contributed by atoms with Crippen LogP contribution in [0.5, 0.6) is 0 Å². The Labute approximate surface area is 135 Å². The number of benzene rings is 1. The van der Waals surface area contributed by atoms with Gasteiger partial charge < -0.3 is 4.90 Å². The average Bonchev–Trinajstić information content (AvgIpc) is 2.80. The van der Waals surface area contributed by atoms with Crippen LogP contribution < -0.4 is 0 Å². The van der Waals surface area contributed by atoms with Crippen LogP contribution in [0.2, 0.25) is 0 Å². The molecular weight excluding hydrogens is 294 g/mol. The second kappa shape index (κ2) is 6.16. The van der Waals surface area contributed by atoms with Crippen molar-refractivity contribution in [2.24, 2.45) is 7.05 Å². The van der Waals surface area contributed by atoms with E-state index < -0.39 is 0 Å². The first-order chi connectivity index (χ1) is 10.6. The highest BCUT2D eigenvalue weighted by molar-refractivity contribution is 7.99. The van der Waals surface area contributed by atoms with Gasteiger partial charge in [-0.25, -0.2) is 0 Å². The SMILES string of the molecule is Cc1nn(C)c(C)c1C(=O)N1CCSC[C@@H]1c1ccccc1. The molecule has 1 aromatic carbocycles. The molecule has 1 atom stereocenters. The Bertz CT molecular complexity index is 681. The zero-order valence-electron chi connectivity index (χ0n) is 13.2. The van der Waals surface area contributed by atoms with Gasteiger partial charge in [-0.2, -0.15) is 16.9 Å². The van der Waals surface area contributed by atoms with Gasteiger partial charge in [-0.1, -0.05) is 30.3 Å². The van der Waals surface area contributed by atoms with E-state index in [-0.39, 0.29) is 11.9 Å². The second-order valence-corrected chi connectivity index (χ2v) is 6.82. The minimum absolute atomic E-state index is 0.109. The lowest BCUT2D eigenvalue weighted by Crippen LogP contribution is -2.41. The third-order valence-electron chi connectivity index (χ3n) is 4.30. The predicted octanol–water partition coefficient (Wildman–Crippen LogP) is 2.97. The molecular formula is C17H21N3OS. The molecule has 1 amide bonds. The summed E-state index contributed by atoms with van der Waals surface area (Å²) in [7, 11) is 1.89. The Morgan fingerprint density at radius 3 is 2.64 bits per heavy atom. The van der Waals surface area contributed by atoms with Gasteiger partial charge in [-0.05, 0) is 19.4 Å². The zero-order chi connectivity index (χ0) is 15.7. The van der Waals surface area contributed by atoms with Crippen molar-refractivity contribution in [2.45, 2.75) is 19.9 Å². The molecule has 1 aliphatic rings. The predicted molar refractivity (Wildman–Crippen MR) is 90.2 cm³/mol. The molecule has 4 nitrogen and oxygen atoms in total. The number of aryl methyl sites for hydroxylation is 2. The summed E-state index contributed by atoms with van der Waals surface area (Å²) >= 11 is 1.91. The lowest BCUT2D eigenvalue weighted by atomic mass is 10.0. The summed E-state index contributed by atoms with van der Waals surface area (Å²) in [5, 5.41) is 4.39. The van der Waals surface area contributed by atoms with E-state index in [1.807, 2.05) is 55.8 Å². The number of thioether (sulfide) groups is 1. The van der Waals surface area contributed by atoms with Crippen LogP contribution in [0.15, 0.2) is 30.3 Å². The molecule has 1 fully saturated rings. The minimum Gasteiger partial charge on any atom is -0.330 e. The van der Waals surface area contributed by atoms with E-state index >= 15 is 0 Å². The van der Waals surface area contributed by atoms with Gasteiger partial charge in [0, 0.05) is 30.8 Å². The van der Waals surface area contributed by atoms with Crippen molar-refractivity contribution in [1.82, 2.24) is 14.7 Å². The maximum Gasteiger partial charge on any atom is 0.258 e. The molecule has 2 heterocycles. The van der Waals surface area contributed by atoms with Crippen LogP contribution in [-0.2, 0) is 7.05 Å². The van der Waals surface area contributed by atoms with E-state index in [0.29, 0.717) is 0 Å². The minimum atomic E-state index is 0.109. The molecule has 1 saturated heterocycles. The normalized spacial score (nSPS) is 18.5. The van der Waals surface area contributed by atoms with Crippen LogP contribution in [-0.4, -0.2) is 38.6 Å². The van der Waals surface area contributed by atoms with Crippen molar-refractivity contribution < 1.29 is 4.79 Å². The number of rotatable bonds is 2. The van der Waals surface area contributed by atoms with Gasteiger partial charge in [0.2, 0.25) is 0 Å². The van der Waals surface area contributed by atoms with E-state index in [4.69, 9.17) is 0 Å². The van der Waals surface area contributed by atoms with Crippen LogP contribution >= 0.6 is 11.8 Å². The summed E-state index contributed by atoms with van der Waals surface area (Å²) in [5.74, 6) is 2.05. The molecule has 3 rings (SSSR count). The number of nitrogens with zero attached hydrogens (tertiary/aromatic N) is 3. The summed E-state index contributed by atoms with van der Waals surface area (Å²) in [5.41, 5.74) is 3.72. The number of amides is 1. The van der Waals surface area contributed by atoms with Gasteiger partial charge in [0.25, 0.3) is 5.91 Å². The molecule has 0 spiro atoms. The van der Waals surface area contributed by atoms with Crippen LogP contribution in [0.3, 0.4) is 0 Å². The van der Waals surface area contributed by atoms with Gasteiger partial charge >= 0.3 is 0 Å². The van der Waals surface area contributed by atoms with Crippen LogP contribution in [0.25, 0.3) is 0 Å². The number of hydrogen-bond acceptors (Lipinski definition) is 3. The lowest BCUT2D eigenvalue weighted by Gasteiger charge is -2.36. The fourth-order valence-electron chi connectivity index (χ4n) is 3.02. The standard InChI is InChI=1S/C17H21N3OS/c1-12-16(13(2)19(3)18-12)17(21)20-9-10-22-11-15(20)14-7-5-4-6-8-14/h4-8,15H,9-11H2,1-3H3/t15-/m1/s1. The molecule has 1 aliphatic heterocycles. The fourth-order valence-corrected chi connectivity index (χ4v) is 4.11. The first-order valence-corrected chi connectivity index (χ1v) is 8.69.